The number of fused-ring (bicyclic) bond motifs is 1. The van der Waals surface area contributed by atoms with Crippen molar-refractivity contribution in [1.29, 1.82) is 0 Å². The molecule has 1 heterocycles. The Morgan fingerprint density at radius 3 is 2.13 bits per heavy atom. The molecular formula is C30H22O9. The number of phenols is 6. The second kappa shape index (κ2) is 9.79. The maximum atomic E-state index is 13.8. The van der Waals surface area contributed by atoms with E-state index in [1.165, 1.54) is 60.7 Å². The molecule has 0 amide bonds. The summed E-state index contributed by atoms with van der Waals surface area (Å²) in [5.74, 6) is -3.92. The fraction of sp³-hybridized carbons (Fsp3) is 0.0667. The number of allylic oxidation sites excluding steroid dienone is 1. The number of benzene rings is 4. The van der Waals surface area contributed by atoms with E-state index in [2.05, 4.69) is 0 Å². The smallest absolute Gasteiger partial charge is 0.189 e. The topological polar surface area (TPSA) is 165 Å². The summed E-state index contributed by atoms with van der Waals surface area (Å²) in [5.41, 5.74) is 0.886. The number of ether oxygens (including phenoxy) is 1. The van der Waals surface area contributed by atoms with Crippen LogP contribution < -0.4 is 4.74 Å². The van der Waals surface area contributed by atoms with Gasteiger partial charge >= 0.3 is 0 Å². The Kier molecular flexibility index (Phi) is 6.33. The Morgan fingerprint density at radius 1 is 0.718 bits per heavy atom. The number of aromatic hydroxyl groups is 6. The van der Waals surface area contributed by atoms with Gasteiger partial charge in [-0.05, 0) is 53.6 Å². The van der Waals surface area contributed by atoms with Gasteiger partial charge in [-0.2, -0.15) is 0 Å². The second-order valence-corrected chi connectivity index (χ2v) is 9.03. The second-order valence-electron chi connectivity index (χ2n) is 9.03. The molecule has 39 heavy (non-hydrogen) atoms. The summed E-state index contributed by atoms with van der Waals surface area (Å²) in [6.45, 7) is 0. The standard InChI is InChI=1S/C30H22O9/c31-17-5-3-16(4-6-17)30-27(29(38)28-25(37)13-19(33)14-26(28)39-30)21-11-15(2-10-23(21)35)1-9-22(34)20-8-7-18(32)12-24(20)36/h1-14,27,30-33,35-37H/b9-1+. The Hall–Kier alpha value is -5.44. The summed E-state index contributed by atoms with van der Waals surface area (Å²) in [6, 6.07) is 16.1. The van der Waals surface area contributed by atoms with Crippen molar-refractivity contribution in [3.05, 3.63) is 107 Å². The first-order valence-electron chi connectivity index (χ1n) is 11.8. The quantitative estimate of drug-likeness (QED) is 0.156. The number of ketones is 2. The Labute approximate surface area is 221 Å². The van der Waals surface area contributed by atoms with Crippen molar-refractivity contribution in [2.75, 3.05) is 0 Å². The molecule has 0 spiro atoms. The highest BCUT2D eigenvalue weighted by molar-refractivity contribution is 6.09. The number of phenolic OH excluding ortho intramolecular Hbond substituents is 6. The molecule has 0 radical (unpaired) electrons. The number of Topliss-reactive ketones (excluding diaryl/α,β-unsaturated/α-hetero) is 1. The fourth-order valence-electron chi connectivity index (χ4n) is 4.57. The molecule has 9 heteroatoms. The van der Waals surface area contributed by atoms with Crippen LogP contribution in [0.3, 0.4) is 0 Å². The van der Waals surface area contributed by atoms with Gasteiger partial charge in [0.25, 0.3) is 0 Å². The Balaban J connectivity index is 1.57. The van der Waals surface area contributed by atoms with E-state index in [1.54, 1.807) is 12.1 Å². The van der Waals surface area contributed by atoms with E-state index >= 15 is 0 Å². The van der Waals surface area contributed by atoms with Gasteiger partial charge in [0.15, 0.2) is 11.6 Å². The van der Waals surface area contributed by atoms with Crippen LogP contribution in [0.1, 0.15) is 49.4 Å². The highest BCUT2D eigenvalue weighted by Crippen LogP contribution is 2.49. The third-order valence-corrected chi connectivity index (χ3v) is 6.43. The lowest BCUT2D eigenvalue weighted by Gasteiger charge is -2.34. The van der Waals surface area contributed by atoms with Crippen LogP contribution in [0.15, 0.2) is 78.9 Å². The largest absolute Gasteiger partial charge is 0.508 e. The molecule has 0 aliphatic carbocycles. The molecule has 0 aromatic heterocycles. The van der Waals surface area contributed by atoms with Crippen LogP contribution in [0.2, 0.25) is 0 Å². The van der Waals surface area contributed by atoms with E-state index in [4.69, 9.17) is 4.74 Å². The molecule has 196 valence electrons. The van der Waals surface area contributed by atoms with Gasteiger partial charge < -0.3 is 35.4 Å². The van der Waals surface area contributed by atoms with Crippen LogP contribution in [0, 0.1) is 0 Å². The first-order chi connectivity index (χ1) is 18.6. The van der Waals surface area contributed by atoms with Crippen LogP contribution in [0.25, 0.3) is 6.08 Å². The number of carbonyl (C=O) groups is 2. The highest BCUT2D eigenvalue weighted by Gasteiger charge is 2.42. The summed E-state index contributed by atoms with van der Waals surface area (Å²) in [4.78, 5) is 26.4. The molecule has 2 atom stereocenters. The zero-order valence-electron chi connectivity index (χ0n) is 20.1. The van der Waals surface area contributed by atoms with E-state index in [0.717, 1.165) is 12.1 Å². The molecule has 0 saturated heterocycles. The molecule has 0 saturated carbocycles. The van der Waals surface area contributed by atoms with Gasteiger partial charge in [-0.15, -0.1) is 0 Å². The van der Waals surface area contributed by atoms with Crippen LogP contribution in [-0.4, -0.2) is 42.2 Å². The first-order valence-corrected chi connectivity index (χ1v) is 11.8. The minimum absolute atomic E-state index is 0.00700. The SMILES string of the molecule is O=C(/C=C/c1ccc(O)c(C2C(=O)c3c(O)cc(O)cc3OC2c2ccc(O)cc2)c1)c1ccc(O)cc1O. The van der Waals surface area contributed by atoms with Gasteiger partial charge in [-0.3, -0.25) is 9.59 Å². The van der Waals surface area contributed by atoms with Gasteiger partial charge in [0, 0.05) is 23.8 Å². The lowest BCUT2D eigenvalue weighted by molar-refractivity contribution is 0.0772. The lowest BCUT2D eigenvalue weighted by Crippen LogP contribution is -2.30. The molecule has 4 aromatic carbocycles. The van der Waals surface area contributed by atoms with Crippen molar-refractivity contribution in [3.8, 4) is 40.2 Å². The minimum atomic E-state index is -1.15. The van der Waals surface area contributed by atoms with Crippen molar-refractivity contribution in [3.63, 3.8) is 0 Å². The molecule has 0 fully saturated rings. The average molecular weight is 526 g/mol. The zero-order valence-corrected chi connectivity index (χ0v) is 20.1. The molecule has 2 unspecified atom stereocenters. The third kappa shape index (κ3) is 4.80. The highest BCUT2D eigenvalue weighted by atomic mass is 16.5. The Morgan fingerprint density at radius 2 is 1.41 bits per heavy atom. The Bertz CT molecular complexity index is 1640. The van der Waals surface area contributed by atoms with E-state index in [1.807, 2.05) is 0 Å². The summed E-state index contributed by atoms with van der Waals surface area (Å²) in [6.07, 6.45) is 1.63. The number of rotatable bonds is 5. The molecule has 0 bridgehead atoms. The molecule has 6 N–H and O–H groups in total. The molecule has 1 aliphatic heterocycles. The summed E-state index contributed by atoms with van der Waals surface area (Å²) < 4.78 is 6.08. The van der Waals surface area contributed by atoms with E-state index in [-0.39, 0.29) is 51.2 Å². The van der Waals surface area contributed by atoms with Crippen molar-refractivity contribution in [2.45, 2.75) is 12.0 Å². The van der Waals surface area contributed by atoms with E-state index in [0.29, 0.717) is 11.1 Å². The molecule has 4 aromatic rings. The van der Waals surface area contributed by atoms with Crippen LogP contribution in [0.5, 0.6) is 40.2 Å². The third-order valence-electron chi connectivity index (χ3n) is 6.43. The summed E-state index contributed by atoms with van der Waals surface area (Å²) in [5, 5.41) is 60.3. The predicted octanol–water partition coefficient (Wildman–Crippen LogP) is 4.92. The van der Waals surface area contributed by atoms with E-state index < -0.39 is 29.3 Å². The predicted molar refractivity (Wildman–Crippen MR) is 140 cm³/mol. The van der Waals surface area contributed by atoms with Crippen LogP contribution in [0.4, 0.5) is 0 Å². The van der Waals surface area contributed by atoms with Crippen molar-refractivity contribution in [1.82, 2.24) is 0 Å². The average Bonchev–Trinajstić information content (AvgIpc) is 2.88. The van der Waals surface area contributed by atoms with Crippen LogP contribution >= 0.6 is 0 Å². The van der Waals surface area contributed by atoms with Gasteiger partial charge in [-0.1, -0.05) is 24.3 Å². The number of hydrogen-bond acceptors (Lipinski definition) is 9. The summed E-state index contributed by atoms with van der Waals surface area (Å²) >= 11 is 0. The first kappa shape index (κ1) is 25.2. The maximum Gasteiger partial charge on any atom is 0.189 e. The van der Waals surface area contributed by atoms with E-state index in [9.17, 15) is 40.2 Å². The zero-order chi connectivity index (χ0) is 27.8. The van der Waals surface area contributed by atoms with Crippen LogP contribution in [-0.2, 0) is 0 Å². The van der Waals surface area contributed by atoms with Gasteiger partial charge in [0.05, 0.1) is 11.5 Å². The van der Waals surface area contributed by atoms with Gasteiger partial charge in [-0.25, -0.2) is 0 Å². The molecule has 5 rings (SSSR count). The number of carbonyl (C=O) groups excluding carboxylic acids is 2. The van der Waals surface area contributed by atoms with Crippen molar-refractivity contribution >= 4 is 17.6 Å². The molecular weight excluding hydrogens is 504 g/mol. The summed E-state index contributed by atoms with van der Waals surface area (Å²) in [7, 11) is 0. The maximum absolute atomic E-state index is 13.8. The van der Waals surface area contributed by atoms with Crippen molar-refractivity contribution < 1.29 is 45.0 Å². The normalized spacial score (nSPS) is 16.6. The molecule has 1 aliphatic rings. The molecule has 9 nitrogen and oxygen atoms in total. The van der Waals surface area contributed by atoms with Crippen molar-refractivity contribution in [2.24, 2.45) is 0 Å². The van der Waals surface area contributed by atoms with Gasteiger partial charge in [0.1, 0.15) is 51.9 Å². The fourth-order valence-corrected chi connectivity index (χ4v) is 4.57. The number of hydrogen-bond donors (Lipinski definition) is 6. The van der Waals surface area contributed by atoms with Gasteiger partial charge in [0.2, 0.25) is 0 Å². The minimum Gasteiger partial charge on any atom is -0.508 e. The monoisotopic (exact) mass is 526 g/mol. The lowest BCUT2D eigenvalue weighted by atomic mass is 9.80.